The quantitative estimate of drug-likeness (QED) is 0.633. The Morgan fingerprint density at radius 3 is 2.42 bits per heavy atom. The van der Waals surface area contributed by atoms with Crippen molar-refractivity contribution in [2.45, 2.75) is 12.6 Å². The zero-order valence-corrected chi connectivity index (χ0v) is 6.34. The number of hydrogen-bond acceptors (Lipinski definition) is 1. The van der Waals surface area contributed by atoms with Crippen LogP contribution in [0.3, 0.4) is 0 Å². The number of aldehydes is 1. The molecule has 0 saturated heterocycles. The van der Waals surface area contributed by atoms with Gasteiger partial charge in [-0.05, 0) is 17.7 Å². The summed E-state index contributed by atoms with van der Waals surface area (Å²) >= 11 is 0. The largest absolute Gasteiger partial charge is 0.300 e. The average molecular weight is 170 g/mol. The van der Waals surface area contributed by atoms with E-state index >= 15 is 0 Å². The van der Waals surface area contributed by atoms with Gasteiger partial charge in [0.1, 0.15) is 5.82 Å². The van der Waals surface area contributed by atoms with E-state index < -0.39 is 6.17 Å². The van der Waals surface area contributed by atoms with Crippen LogP contribution in [0.1, 0.15) is 5.56 Å². The van der Waals surface area contributed by atoms with Crippen LogP contribution in [0, 0.1) is 5.82 Å². The van der Waals surface area contributed by atoms with Crippen molar-refractivity contribution in [2.75, 3.05) is 0 Å². The highest BCUT2D eigenvalue weighted by molar-refractivity contribution is 5.56. The molecule has 1 aromatic carbocycles. The molecule has 3 heteroatoms. The summed E-state index contributed by atoms with van der Waals surface area (Å²) in [4.78, 5) is 9.93. The van der Waals surface area contributed by atoms with Crippen LogP contribution in [0.5, 0.6) is 0 Å². The molecule has 0 fully saturated rings. The number of carbonyl (C=O) groups is 1. The van der Waals surface area contributed by atoms with Gasteiger partial charge >= 0.3 is 0 Å². The lowest BCUT2D eigenvalue weighted by Gasteiger charge is -1.99. The van der Waals surface area contributed by atoms with E-state index in [1.165, 1.54) is 24.3 Å². The molecular weight excluding hydrogens is 162 g/mol. The topological polar surface area (TPSA) is 17.1 Å². The molecule has 1 atom stereocenters. The third-order valence-corrected chi connectivity index (χ3v) is 1.49. The van der Waals surface area contributed by atoms with E-state index in [0.717, 1.165) is 0 Å². The SMILES string of the molecule is O=CC(F)Cc1ccc(F)cc1. The predicted molar refractivity (Wildman–Crippen MR) is 41.1 cm³/mol. The van der Waals surface area contributed by atoms with Crippen LogP contribution < -0.4 is 0 Å². The summed E-state index contributed by atoms with van der Waals surface area (Å²) in [6.45, 7) is 0. The van der Waals surface area contributed by atoms with Crippen molar-refractivity contribution in [3.05, 3.63) is 35.6 Å². The summed E-state index contributed by atoms with van der Waals surface area (Å²) in [5.74, 6) is -0.361. The van der Waals surface area contributed by atoms with Crippen molar-refractivity contribution < 1.29 is 13.6 Å². The second kappa shape index (κ2) is 3.95. The Hall–Kier alpha value is -1.25. The predicted octanol–water partition coefficient (Wildman–Crippen LogP) is 1.91. The van der Waals surface area contributed by atoms with Crippen molar-refractivity contribution in [3.8, 4) is 0 Å². The van der Waals surface area contributed by atoms with Crippen molar-refractivity contribution in [2.24, 2.45) is 0 Å². The summed E-state index contributed by atoms with van der Waals surface area (Å²) in [6, 6.07) is 5.41. The van der Waals surface area contributed by atoms with Gasteiger partial charge in [0.25, 0.3) is 0 Å². The smallest absolute Gasteiger partial charge is 0.159 e. The molecule has 0 N–H and O–H groups in total. The Labute approximate surface area is 69.0 Å². The van der Waals surface area contributed by atoms with E-state index in [0.29, 0.717) is 5.56 Å². The minimum atomic E-state index is -1.49. The lowest BCUT2D eigenvalue weighted by molar-refractivity contribution is -0.111. The van der Waals surface area contributed by atoms with Crippen LogP contribution in [-0.2, 0) is 11.2 Å². The molecular formula is C9H8F2O. The average Bonchev–Trinajstić information content (AvgIpc) is 2.09. The van der Waals surface area contributed by atoms with Gasteiger partial charge in [-0.15, -0.1) is 0 Å². The monoisotopic (exact) mass is 170 g/mol. The maximum absolute atomic E-state index is 12.5. The molecule has 1 aromatic rings. The lowest BCUT2D eigenvalue weighted by Crippen LogP contribution is -2.05. The fourth-order valence-electron chi connectivity index (χ4n) is 0.894. The van der Waals surface area contributed by atoms with Crippen molar-refractivity contribution in [1.29, 1.82) is 0 Å². The number of rotatable bonds is 3. The van der Waals surface area contributed by atoms with Crippen molar-refractivity contribution in [1.82, 2.24) is 0 Å². The third kappa shape index (κ3) is 2.42. The highest BCUT2D eigenvalue weighted by Crippen LogP contribution is 2.06. The van der Waals surface area contributed by atoms with E-state index in [9.17, 15) is 13.6 Å². The standard InChI is InChI=1S/C9H8F2O/c10-8-3-1-7(2-4-8)5-9(11)6-12/h1-4,6,9H,5H2. The number of alkyl halides is 1. The number of halogens is 2. The van der Waals surface area contributed by atoms with Gasteiger partial charge in [0, 0.05) is 6.42 Å². The van der Waals surface area contributed by atoms with E-state index in [1.807, 2.05) is 0 Å². The zero-order valence-electron chi connectivity index (χ0n) is 6.34. The first kappa shape index (κ1) is 8.84. The molecule has 1 unspecified atom stereocenters. The van der Waals surface area contributed by atoms with E-state index in [2.05, 4.69) is 0 Å². The molecule has 0 aromatic heterocycles. The fourth-order valence-corrected chi connectivity index (χ4v) is 0.894. The molecule has 0 aliphatic carbocycles. The molecule has 0 amide bonds. The van der Waals surface area contributed by atoms with Gasteiger partial charge < -0.3 is 4.79 Å². The van der Waals surface area contributed by atoms with Gasteiger partial charge in [0.2, 0.25) is 0 Å². The Morgan fingerprint density at radius 2 is 1.92 bits per heavy atom. The zero-order chi connectivity index (χ0) is 8.97. The molecule has 0 heterocycles. The molecule has 0 saturated carbocycles. The first-order valence-corrected chi connectivity index (χ1v) is 3.56. The van der Waals surface area contributed by atoms with E-state index in [-0.39, 0.29) is 18.5 Å². The first-order chi connectivity index (χ1) is 5.72. The van der Waals surface area contributed by atoms with Crippen LogP contribution in [0.4, 0.5) is 8.78 Å². The maximum Gasteiger partial charge on any atom is 0.159 e. The van der Waals surface area contributed by atoms with Crippen LogP contribution in [0.15, 0.2) is 24.3 Å². The molecule has 64 valence electrons. The minimum absolute atomic E-state index is 0.0176. The van der Waals surface area contributed by atoms with Gasteiger partial charge in [-0.2, -0.15) is 0 Å². The molecule has 0 aliphatic heterocycles. The Balaban J connectivity index is 2.64. The molecule has 1 rings (SSSR count). The molecule has 1 nitrogen and oxygen atoms in total. The van der Waals surface area contributed by atoms with Crippen LogP contribution >= 0.6 is 0 Å². The summed E-state index contributed by atoms with van der Waals surface area (Å²) in [7, 11) is 0. The summed E-state index contributed by atoms with van der Waals surface area (Å²) in [5.41, 5.74) is 0.621. The van der Waals surface area contributed by atoms with Gasteiger partial charge in [-0.1, -0.05) is 12.1 Å². The van der Waals surface area contributed by atoms with E-state index in [1.54, 1.807) is 0 Å². The van der Waals surface area contributed by atoms with Crippen molar-refractivity contribution in [3.63, 3.8) is 0 Å². The van der Waals surface area contributed by atoms with Crippen LogP contribution in [0.25, 0.3) is 0 Å². The second-order valence-corrected chi connectivity index (χ2v) is 2.48. The van der Waals surface area contributed by atoms with Gasteiger partial charge in [-0.3, -0.25) is 0 Å². The Bertz CT molecular complexity index is 256. The van der Waals surface area contributed by atoms with Crippen molar-refractivity contribution >= 4 is 6.29 Å². The van der Waals surface area contributed by atoms with E-state index in [4.69, 9.17) is 0 Å². The number of carbonyl (C=O) groups excluding carboxylic acids is 1. The van der Waals surface area contributed by atoms with Gasteiger partial charge in [0.15, 0.2) is 12.5 Å². The highest BCUT2D eigenvalue weighted by Gasteiger charge is 2.04. The molecule has 0 spiro atoms. The van der Waals surface area contributed by atoms with Gasteiger partial charge in [0.05, 0.1) is 0 Å². The van der Waals surface area contributed by atoms with Crippen LogP contribution in [-0.4, -0.2) is 12.5 Å². The summed E-state index contributed by atoms with van der Waals surface area (Å²) in [6.07, 6.45) is -1.23. The lowest BCUT2D eigenvalue weighted by atomic mass is 10.1. The summed E-state index contributed by atoms with van der Waals surface area (Å²) in [5, 5.41) is 0. The molecule has 12 heavy (non-hydrogen) atoms. The molecule has 0 bridgehead atoms. The third-order valence-electron chi connectivity index (χ3n) is 1.49. The van der Waals surface area contributed by atoms with Crippen LogP contribution in [0.2, 0.25) is 0 Å². The number of hydrogen-bond donors (Lipinski definition) is 0. The second-order valence-electron chi connectivity index (χ2n) is 2.48. The minimum Gasteiger partial charge on any atom is -0.300 e. The fraction of sp³-hybridized carbons (Fsp3) is 0.222. The normalized spacial score (nSPS) is 12.5. The molecule has 0 aliphatic rings. The van der Waals surface area contributed by atoms with Gasteiger partial charge in [-0.25, -0.2) is 8.78 Å². The maximum atomic E-state index is 12.5. The highest BCUT2D eigenvalue weighted by atomic mass is 19.1. The number of benzene rings is 1. The first-order valence-electron chi connectivity index (χ1n) is 3.56. The molecule has 0 radical (unpaired) electrons. The Morgan fingerprint density at radius 1 is 1.33 bits per heavy atom. The Kier molecular flexibility index (Phi) is 2.91. The summed E-state index contributed by atoms with van der Waals surface area (Å²) < 4.78 is 24.8.